The molecule has 1 aromatic heterocycles. The molecule has 226 valence electrons. The Kier molecular flexibility index (Phi) is 9.54. The number of H-pyrrole nitrogens is 1. The predicted molar refractivity (Wildman–Crippen MR) is 147 cm³/mol. The highest BCUT2D eigenvalue weighted by Gasteiger charge is 2.42. The number of piperazine rings is 1. The summed E-state index contributed by atoms with van der Waals surface area (Å²) in [6, 6.07) is 10.4. The number of carboxylic acids is 1. The number of esters is 1. The van der Waals surface area contributed by atoms with Crippen LogP contribution in [-0.2, 0) is 30.3 Å². The molecule has 1 saturated heterocycles. The van der Waals surface area contributed by atoms with Gasteiger partial charge in [-0.25, -0.2) is 4.79 Å². The van der Waals surface area contributed by atoms with E-state index in [4.69, 9.17) is 9.47 Å². The summed E-state index contributed by atoms with van der Waals surface area (Å²) in [6.45, 7) is -0.745. The third-order valence-electron chi connectivity index (χ3n) is 6.84. The van der Waals surface area contributed by atoms with Crippen LogP contribution in [0.5, 0.6) is 5.75 Å². The number of amides is 3. The second kappa shape index (κ2) is 13.5. The second-order valence-electron chi connectivity index (χ2n) is 9.58. The van der Waals surface area contributed by atoms with E-state index in [0.717, 1.165) is 12.0 Å². The van der Waals surface area contributed by atoms with Crippen LogP contribution < -0.4 is 15.8 Å². The molecule has 1 aliphatic rings. The van der Waals surface area contributed by atoms with Gasteiger partial charge in [-0.05, 0) is 29.8 Å². The number of carbonyl (C=O) groups excluding carboxylic acids is 4. The first-order chi connectivity index (χ1) is 20.6. The molecule has 15 heteroatoms. The number of hydrogen-bond donors (Lipinski definition) is 3. The highest BCUT2D eigenvalue weighted by atomic mass is 16.5. The number of methoxy groups -OCH3 is 2. The molecule has 0 radical (unpaired) electrons. The summed E-state index contributed by atoms with van der Waals surface area (Å²) < 4.78 is 14.4. The number of ether oxygens (including phenoxy) is 2. The van der Waals surface area contributed by atoms with Gasteiger partial charge in [-0.15, -0.1) is 0 Å². The lowest BCUT2D eigenvalue weighted by Gasteiger charge is -2.41. The van der Waals surface area contributed by atoms with Crippen LogP contribution in [0.4, 0.5) is 0 Å². The quantitative estimate of drug-likeness (QED) is 0.253. The monoisotopic (exact) mass is 595 g/mol. The van der Waals surface area contributed by atoms with Gasteiger partial charge in [0, 0.05) is 30.6 Å². The van der Waals surface area contributed by atoms with Crippen LogP contribution >= 0.6 is 0 Å². The lowest BCUT2D eigenvalue weighted by molar-refractivity contribution is -0.159. The molecule has 2 atom stereocenters. The number of aromatic amines is 1. The fourth-order valence-corrected chi connectivity index (χ4v) is 4.63. The zero-order chi connectivity index (χ0) is 31.1. The Hall–Kier alpha value is -5.47. The van der Waals surface area contributed by atoms with Crippen molar-refractivity contribution in [3.8, 4) is 17.1 Å². The predicted octanol–water partition coefficient (Wildman–Crippen LogP) is 0.0667. The first kappa shape index (κ1) is 30.5. The number of benzene rings is 2. The number of rotatable bonds is 11. The summed E-state index contributed by atoms with van der Waals surface area (Å²) >= 11 is 0. The van der Waals surface area contributed by atoms with Crippen molar-refractivity contribution in [2.75, 3.05) is 33.9 Å². The van der Waals surface area contributed by atoms with E-state index in [9.17, 15) is 33.9 Å². The molecule has 0 saturated carbocycles. The molecule has 1 aliphatic heterocycles. The molecule has 0 aliphatic carbocycles. The van der Waals surface area contributed by atoms with Crippen molar-refractivity contribution in [1.29, 1.82) is 0 Å². The lowest BCUT2D eigenvalue weighted by Crippen LogP contribution is -2.63. The third kappa shape index (κ3) is 7.44. The van der Waals surface area contributed by atoms with Gasteiger partial charge in [0.25, 0.3) is 5.91 Å². The summed E-state index contributed by atoms with van der Waals surface area (Å²) in [6.07, 6.45) is -0.465. The Labute approximate surface area is 244 Å². The number of carbonyl (C=O) groups is 5. The minimum absolute atomic E-state index is 0.0291. The Balaban J connectivity index is 1.61. The Morgan fingerprint density at radius 1 is 1.07 bits per heavy atom. The highest BCUT2D eigenvalue weighted by Crippen LogP contribution is 2.20. The molecular formula is C28H29N5O10. The van der Waals surface area contributed by atoms with Gasteiger partial charge in [0.15, 0.2) is 5.82 Å². The van der Waals surface area contributed by atoms with Crippen molar-refractivity contribution in [2.24, 2.45) is 0 Å². The average Bonchev–Trinajstić information content (AvgIpc) is 3.44. The molecule has 43 heavy (non-hydrogen) atoms. The number of carboxylic acid groups (broad SMARTS) is 1. The van der Waals surface area contributed by atoms with Gasteiger partial charge in [0.2, 0.25) is 11.8 Å². The minimum Gasteiger partial charge on any atom is -0.497 e. The molecule has 2 heterocycles. The van der Waals surface area contributed by atoms with Crippen LogP contribution in [0, 0.1) is 0 Å². The number of nitrogens with one attached hydrogen (secondary N) is 2. The van der Waals surface area contributed by atoms with E-state index < -0.39 is 60.5 Å². The number of aromatic nitrogens is 2. The van der Waals surface area contributed by atoms with Gasteiger partial charge >= 0.3 is 17.7 Å². The largest absolute Gasteiger partial charge is 0.497 e. The molecule has 0 unspecified atom stereocenters. The molecule has 3 N–H and O–H groups in total. The van der Waals surface area contributed by atoms with Gasteiger partial charge in [-0.1, -0.05) is 29.4 Å². The third-order valence-corrected chi connectivity index (χ3v) is 6.84. The zero-order valence-electron chi connectivity index (χ0n) is 23.3. The normalized spacial score (nSPS) is 15.5. The lowest BCUT2D eigenvalue weighted by atomic mass is 10.0. The maximum atomic E-state index is 14.0. The molecule has 2 aromatic carbocycles. The Morgan fingerprint density at radius 3 is 2.35 bits per heavy atom. The van der Waals surface area contributed by atoms with Crippen LogP contribution in [-0.4, -0.2) is 101 Å². The summed E-state index contributed by atoms with van der Waals surface area (Å²) in [5.41, 5.74) is 1.34. The number of hydrogen-bond acceptors (Lipinski definition) is 10. The van der Waals surface area contributed by atoms with Crippen LogP contribution in [0.3, 0.4) is 0 Å². The van der Waals surface area contributed by atoms with Crippen molar-refractivity contribution in [3.05, 3.63) is 70.2 Å². The number of aliphatic carboxylic acids is 1. The summed E-state index contributed by atoms with van der Waals surface area (Å²) in [7, 11) is 2.64. The smallest absolute Gasteiger partial charge is 0.439 e. The van der Waals surface area contributed by atoms with Crippen molar-refractivity contribution in [1.82, 2.24) is 25.3 Å². The van der Waals surface area contributed by atoms with Crippen LogP contribution in [0.25, 0.3) is 11.4 Å². The van der Waals surface area contributed by atoms with E-state index in [-0.39, 0.29) is 30.9 Å². The summed E-state index contributed by atoms with van der Waals surface area (Å²) in [4.78, 5) is 79.9. The molecule has 4 rings (SSSR count). The van der Waals surface area contributed by atoms with E-state index >= 15 is 0 Å². The second-order valence-corrected chi connectivity index (χ2v) is 9.58. The van der Waals surface area contributed by atoms with E-state index in [1.807, 2.05) is 0 Å². The van der Waals surface area contributed by atoms with E-state index in [1.165, 1.54) is 36.3 Å². The maximum Gasteiger partial charge on any atom is 0.439 e. The van der Waals surface area contributed by atoms with Crippen molar-refractivity contribution in [2.45, 2.75) is 24.9 Å². The van der Waals surface area contributed by atoms with Crippen LogP contribution in [0.15, 0.2) is 57.8 Å². The van der Waals surface area contributed by atoms with Gasteiger partial charge in [-0.3, -0.25) is 33.5 Å². The van der Waals surface area contributed by atoms with Gasteiger partial charge in [-0.2, -0.15) is 0 Å². The molecule has 1 fully saturated rings. The molecule has 0 spiro atoms. The van der Waals surface area contributed by atoms with E-state index in [1.54, 1.807) is 24.3 Å². The highest BCUT2D eigenvalue weighted by molar-refractivity contribution is 5.99. The van der Waals surface area contributed by atoms with Gasteiger partial charge in [0.1, 0.15) is 24.4 Å². The first-order valence-electron chi connectivity index (χ1n) is 13.1. The van der Waals surface area contributed by atoms with Gasteiger partial charge < -0.3 is 29.7 Å². The Bertz CT molecular complexity index is 1550. The molecular weight excluding hydrogens is 566 g/mol. The van der Waals surface area contributed by atoms with Crippen LogP contribution in [0.1, 0.15) is 22.3 Å². The van der Waals surface area contributed by atoms with Crippen molar-refractivity contribution in [3.63, 3.8) is 0 Å². The minimum atomic E-state index is -1.33. The first-order valence-corrected chi connectivity index (χ1v) is 13.1. The molecule has 15 nitrogen and oxygen atoms in total. The van der Waals surface area contributed by atoms with E-state index in [0.29, 0.717) is 16.9 Å². The van der Waals surface area contributed by atoms with E-state index in [2.05, 4.69) is 20.0 Å². The average molecular weight is 596 g/mol. The SMILES string of the molecule is COC(=O)C[C@H]1C(=O)N(CC(=O)O)CCN1C(=O)[C@H](Cc1ccc(OC)cc1)NC(=O)c1ccc(-c2noc(=O)[nH]2)cc1. The van der Waals surface area contributed by atoms with Crippen molar-refractivity contribution >= 4 is 29.7 Å². The van der Waals surface area contributed by atoms with Gasteiger partial charge in [0.05, 0.1) is 20.6 Å². The van der Waals surface area contributed by atoms with Crippen molar-refractivity contribution < 1.29 is 43.1 Å². The summed E-state index contributed by atoms with van der Waals surface area (Å²) in [5, 5.41) is 15.5. The zero-order valence-corrected chi connectivity index (χ0v) is 23.3. The topological polar surface area (TPSA) is 201 Å². The van der Waals surface area contributed by atoms with Crippen LogP contribution in [0.2, 0.25) is 0 Å². The Morgan fingerprint density at radius 2 is 1.77 bits per heavy atom. The number of nitrogens with zero attached hydrogens (tertiary/aromatic N) is 3. The molecule has 3 amide bonds. The molecule has 0 bridgehead atoms. The molecule has 3 aromatic rings. The fourth-order valence-electron chi connectivity index (χ4n) is 4.63. The maximum absolute atomic E-state index is 14.0. The fraction of sp³-hybridized carbons (Fsp3) is 0.321. The standard InChI is InChI=1S/C28H29N5O10/c1-41-19-9-3-16(4-10-19)13-20(29-25(37)18-7-5-17(6-8-18)24-30-28(40)43-31-24)26(38)33-12-11-32(15-22(34)35)27(39)21(33)14-23(36)42-2/h3-10,20-21H,11-15H2,1-2H3,(H,29,37)(H,34,35)(H,30,31,40)/t20-,21-/m0/s1. The summed E-state index contributed by atoms with van der Waals surface area (Å²) in [5.74, 6) is -3.94.